The van der Waals surface area contributed by atoms with Crippen molar-refractivity contribution in [2.75, 3.05) is 19.6 Å². The quantitative estimate of drug-likeness (QED) is 0.396. The highest BCUT2D eigenvalue weighted by molar-refractivity contribution is 7.91. The number of thiophene rings is 1. The van der Waals surface area contributed by atoms with Crippen molar-refractivity contribution in [3.05, 3.63) is 58.7 Å². The first kappa shape index (κ1) is 21.9. The van der Waals surface area contributed by atoms with Crippen LogP contribution in [0.5, 0.6) is 0 Å². The van der Waals surface area contributed by atoms with Crippen LogP contribution in [0.1, 0.15) is 24.1 Å². The summed E-state index contributed by atoms with van der Waals surface area (Å²) in [6.07, 6.45) is 2.60. The third-order valence-electron chi connectivity index (χ3n) is 6.03. The van der Waals surface area contributed by atoms with Crippen LogP contribution in [0.3, 0.4) is 0 Å². The number of fused-ring (bicyclic) bond motifs is 2. The molecule has 0 amide bonds. The molecule has 1 aliphatic heterocycles. The van der Waals surface area contributed by atoms with Crippen LogP contribution in [-0.4, -0.2) is 44.2 Å². The molecule has 3 heterocycles. The Bertz CT molecular complexity index is 1380. The van der Waals surface area contributed by atoms with Crippen LogP contribution in [0.25, 0.3) is 21.1 Å². The zero-order valence-electron chi connectivity index (χ0n) is 17.7. The molecule has 0 aliphatic carbocycles. The third kappa shape index (κ3) is 4.30. The fourth-order valence-corrected chi connectivity index (χ4v) is 7.62. The fraction of sp³-hybridized carbons (Fsp3) is 0.348. The minimum absolute atomic E-state index is 0.0823. The van der Waals surface area contributed by atoms with Gasteiger partial charge in [0.2, 0.25) is 0 Å². The Labute approximate surface area is 196 Å². The minimum Gasteiger partial charge on any atom is -0.356 e. The van der Waals surface area contributed by atoms with Gasteiger partial charge in [0, 0.05) is 27.7 Å². The molecule has 0 radical (unpaired) electrons. The van der Waals surface area contributed by atoms with Gasteiger partial charge in [0.1, 0.15) is 4.21 Å². The summed E-state index contributed by atoms with van der Waals surface area (Å²) in [5, 5.41) is 6.78. The van der Waals surface area contributed by atoms with Gasteiger partial charge in [-0.1, -0.05) is 28.9 Å². The van der Waals surface area contributed by atoms with Gasteiger partial charge in [0.15, 0.2) is 5.58 Å². The first-order chi connectivity index (χ1) is 15.4. The first-order valence-electron chi connectivity index (χ1n) is 10.7. The molecule has 6 nitrogen and oxygen atoms in total. The van der Waals surface area contributed by atoms with Crippen LogP contribution >= 0.6 is 22.9 Å². The molecule has 1 atom stereocenters. The maximum absolute atomic E-state index is 13.1. The molecule has 0 bridgehead atoms. The van der Waals surface area contributed by atoms with E-state index in [1.807, 2.05) is 43.3 Å². The van der Waals surface area contributed by atoms with E-state index in [-0.39, 0.29) is 6.04 Å². The maximum Gasteiger partial charge on any atom is 0.250 e. The molecule has 1 fully saturated rings. The summed E-state index contributed by atoms with van der Waals surface area (Å²) in [5.74, 6) is 0. The Balaban J connectivity index is 1.19. The summed E-state index contributed by atoms with van der Waals surface area (Å²) < 4.78 is 35.8. The number of nitrogens with zero attached hydrogens (tertiary/aromatic N) is 2. The SMILES string of the molecule is Cc1c(S(=O)(=O)N[C@H]2CCN(CCCc3noc4ccccc34)C2)sc2ccc(Cl)cc12. The molecule has 9 heteroatoms. The number of sulfonamides is 1. The monoisotopic (exact) mass is 489 g/mol. The van der Waals surface area contributed by atoms with Gasteiger partial charge in [-0.15, -0.1) is 11.3 Å². The molecular weight excluding hydrogens is 466 g/mol. The van der Waals surface area contributed by atoms with Crippen LogP contribution in [0.2, 0.25) is 5.02 Å². The molecule has 0 spiro atoms. The van der Waals surface area contributed by atoms with Gasteiger partial charge in [0.25, 0.3) is 10.0 Å². The van der Waals surface area contributed by atoms with Gasteiger partial charge in [-0.25, -0.2) is 13.1 Å². The van der Waals surface area contributed by atoms with Gasteiger partial charge in [-0.05, 0) is 80.6 Å². The molecule has 5 rings (SSSR count). The van der Waals surface area contributed by atoms with Crippen LogP contribution in [0, 0.1) is 6.92 Å². The molecule has 168 valence electrons. The maximum atomic E-state index is 13.1. The summed E-state index contributed by atoms with van der Waals surface area (Å²) in [7, 11) is -3.58. The smallest absolute Gasteiger partial charge is 0.250 e. The highest BCUT2D eigenvalue weighted by atomic mass is 35.5. The average molecular weight is 490 g/mol. The average Bonchev–Trinajstić information content (AvgIpc) is 3.47. The standard InChI is InChI=1S/C23H24ClN3O3S2/c1-15-19-13-16(24)8-9-22(19)31-23(15)32(28,29)26-17-10-12-27(14-17)11-4-6-20-18-5-2-3-7-21(18)30-25-20/h2-3,5,7-9,13,17,26H,4,6,10-12,14H2,1H3/t17-/m0/s1. The second kappa shape index (κ2) is 8.76. The zero-order chi connectivity index (χ0) is 22.3. The third-order valence-corrected chi connectivity index (χ3v) is 9.68. The lowest BCUT2D eigenvalue weighted by Gasteiger charge is -2.16. The number of hydrogen-bond acceptors (Lipinski definition) is 6. The molecule has 1 N–H and O–H groups in total. The van der Waals surface area contributed by atoms with Crippen molar-refractivity contribution in [1.82, 2.24) is 14.8 Å². The minimum atomic E-state index is -3.58. The molecule has 1 aliphatic rings. The molecule has 2 aromatic heterocycles. The highest BCUT2D eigenvalue weighted by Crippen LogP contribution is 2.35. The Hall–Kier alpha value is -1.97. The summed E-state index contributed by atoms with van der Waals surface area (Å²) in [6, 6.07) is 13.3. The largest absolute Gasteiger partial charge is 0.356 e. The number of likely N-dealkylation sites (tertiary alicyclic amines) is 1. The van der Waals surface area contributed by atoms with Crippen LogP contribution in [-0.2, 0) is 16.4 Å². The van der Waals surface area contributed by atoms with E-state index in [1.165, 1.54) is 11.3 Å². The summed E-state index contributed by atoms with van der Waals surface area (Å²) in [6.45, 7) is 4.35. The Morgan fingerprint density at radius 3 is 2.97 bits per heavy atom. The highest BCUT2D eigenvalue weighted by Gasteiger charge is 2.29. The Morgan fingerprint density at radius 1 is 1.25 bits per heavy atom. The molecule has 0 unspecified atom stereocenters. The topological polar surface area (TPSA) is 75.4 Å². The molecule has 32 heavy (non-hydrogen) atoms. The number of hydrogen-bond donors (Lipinski definition) is 1. The van der Waals surface area contributed by atoms with Crippen molar-refractivity contribution >= 4 is 54.0 Å². The second-order valence-corrected chi connectivity index (χ2v) is 11.7. The van der Waals surface area contributed by atoms with E-state index in [4.69, 9.17) is 16.1 Å². The van der Waals surface area contributed by atoms with Crippen molar-refractivity contribution in [3.63, 3.8) is 0 Å². The number of para-hydroxylation sites is 1. The number of halogens is 1. The van der Waals surface area contributed by atoms with Crippen molar-refractivity contribution in [2.24, 2.45) is 0 Å². The molecule has 4 aromatic rings. The Morgan fingerprint density at radius 2 is 2.09 bits per heavy atom. The normalized spacial score (nSPS) is 17.6. The number of rotatable bonds is 7. The number of benzene rings is 2. The van der Waals surface area contributed by atoms with E-state index in [9.17, 15) is 8.42 Å². The predicted molar refractivity (Wildman–Crippen MR) is 129 cm³/mol. The summed E-state index contributed by atoms with van der Waals surface area (Å²) in [5.41, 5.74) is 2.56. The lowest BCUT2D eigenvalue weighted by Crippen LogP contribution is -2.37. The predicted octanol–water partition coefficient (Wildman–Crippen LogP) is 4.99. The summed E-state index contributed by atoms with van der Waals surface area (Å²) in [4.78, 5) is 2.31. The van der Waals surface area contributed by atoms with Crippen LogP contribution in [0.4, 0.5) is 0 Å². The van der Waals surface area contributed by atoms with E-state index < -0.39 is 10.0 Å². The van der Waals surface area contributed by atoms with Crippen molar-refractivity contribution in [2.45, 2.75) is 36.4 Å². The van der Waals surface area contributed by atoms with E-state index >= 15 is 0 Å². The van der Waals surface area contributed by atoms with Crippen molar-refractivity contribution in [1.29, 1.82) is 0 Å². The molecule has 0 saturated carbocycles. The van der Waals surface area contributed by atoms with Gasteiger partial charge >= 0.3 is 0 Å². The first-order valence-corrected chi connectivity index (χ1v) is 13.3. The van der Waals surface area contributed by atoms with Crippen LogP contribution in [0.15, 0.2) is 51.2 Å². The van der Waals surface area contributed by atoms with E-state index in [2.05, 4.69) is 14.8 Å². The number of aromatic nitrogens is 1. The van der Waals surface area contributed by atoms with Crippen molar-refractivity contribution < 1.29 is 12.9 Å². The fourth-order valence-electron chi connectivity index (χ4n) is 4.42. The van der Waals surface area contributed by atoms with Gasteiger partial charge in [-0.2, -0.15) is 0 Å². The second-order valence-electron chi connectivity index (χ2n) is 8.29. The number of aryl methyl sites for hydroxylation is 2. The summed E-state index contributed by atoms with van der Waals surface area (Å²) >= 11 is 7.39. The lowest BCUT2D eigenvalue weighted by atomic mass is 10.1. The Kier molecular flexibility index (Phi) is 5.98. The molecule has 2 aromatic carbocycles. The zero-order valence-corrected chi connectivity index (χ0v) is 20.1. The van der Waals surface area contributed by atoms with Gasteiger partial charge in [0.05, 0.1) is 5.69 Å². The lowest BCUT2D eigenvalue weighted by molar-refractivity contribution is 0.326. The van der Waals surface area contributed by atoms with E-state index in [1.54, 1.807) is 6.07 Å². The van der Waals surface area contributed by atoms with Gasteiger partial charge in [-0.3, -0.25) is 0 Å². The van der Waals surface area contributed by atoms with Crippen molar-refractivity contribution in [3.8, 4) is 0 Å². The molecule has 1 saturated heterocycles. The molecular formula is C23H24ClN3O3S2. The van der Waals surface area contributed by atoms with Gasteiger partial charge < -0.3 is 9.42 Å². The van der Waals surface area contributed by atoms with E-state index in [0.29, 0.717) is 15.8 Å². The van der Waals surface area contributed by atoms with E-state index in [0.717, 1.165) is 64.7 Å². The number of nitrogens with one attached hydrogen (secondary N) is 1. The van der Waals surface area contributed by atoms with Crippen LogP contribution < -0.4 is 4.72 Å².